The minimum absolute atomic E-state index is 0.0250. The molecule has 0 N–H and O–H groups in total. The molecule has 0 spiro atoms. The lowest BCUT2D eigenvalue weighted by Crippen LogP contribution is -2.55. The van der Waals surface area contributed by atoms with Gasteiger partial charge in [-0.15, -0.1) is 0 Å². The molecule has 2 fully saturated rings. The average Bonchev–Trinajstić information content (AvgIpc) is 3.37. The summed E-state index contributed by atoms with van der Waals surface area (Å²) in [4.78, 5) is 15.4. The number of hydrogen-bond donors (Lipinski definition) is 0. The van der Waals surface area contributed by atoms with Crippen molar-refractivity contribution in [2.75, 3.05) is 13.2 Å². The average molecular weight is 608 g/mol. The normalized spacial score (nSPS) is 21.3. The quantitative estimate of drug-likeness (QED) is 0.160. The monoisotopic (exact) mass is 607 g/mol. The summed E-state index contributed by atoms with van der Waals surface area (Å²) in [7, 11) is 0. The van der Waals surface area contributed by atoms with Crippen LogP contribution in [0.2, 0.25) is 0 Å². The molecular formula is C39H45NO5. The van der Waals surface area contributed by atoms with Crippen molar-refractivity contribution in [2.45, 2.75) is 89.6 Å². The zero-order valence-electron chi connectivity index (χ0n) is 26.7. The Hall–Kier alpha value is -3.71. The standard InChI is InChI=1S/C39H45NO5/c1-39(2,3)45-38(41)40-34-19-20-36(40)37(44-27-30-15-16-31-11-7-8-12-33(31)23-30)35(24-34)32-17-13-29(14-18-32)26-43-22-21-42-25-28-9-5-4-6-10-28/h4-18,23,34-37H,19-22,24-27H2,1-3H3. The van der Waals surface area contributed by atoms with Crippen LogP contribution in [-0.2, 0) is 38.8 Å². The van der Waals surface area contributed by atoms with Crippen molar-refractivity contribution >= 4 is 16.9 Å². The molecule has 0 aromatic heterocycles. The van der Waals surface area contributed by atoms with E-state index in [0.29, 0.717) is 33.0 Å². The first-order valence-electron chi connectivity index (χ1n) is 16.2. The van der Waals surface area contributed by atoms with Crippen molar-refractivity contribution in [1.29, 1.82) is 0 Å². The Morgan fingerprint density at radius 3 is 2.09 bits per heavy atom. The van der Waals surface area contributed by atoms with Gasteiger partial charge in [-0.2, -0.15) is 0 Å². The fourth-order valence-corrected chi connectivity index (χ4v) is 6.77. The summed E-state index contributed by atoms with van der Waals surface area (Å²) in [5.41, 5.74) is 4.13. The molecule has 6 rings (SSSR count). The van der Waals surface area contributed by atoms with Gasteiger partial charge in [-0.1, -0.05) is 91.0 Å². The fraction of sp³-hybridized carbons (Fsp3) is 0.410. The van der Waals surface area contributed by atoms with Crippen LogP contribution in [0.25, 0.3) is 10.8 Å². The topological polar surface area (TPSA) is 57.2 Å². The van der Waals surface area contributed by atoms with Gasteiger partial charge in [0, 0.05) is 12.0 Å². The molecule has 236 valence electrons. The van der Waals surface area contributed by atoms with Crippen molar-refractivity contribution in [2.24, 2.45) is 0 Å². The van der Waals surface area contributed by atoms with E-state index in [9.17, 15) is 4.79 Å². The number of nitrogens with zero attached hydrogens (tertiary/aromatic N) is 1. The molecule has 1 amide bonds. The largest absolute Gasteiger partial charge is 0.444 e. The van der Waals surface area contributed by atoms with Crippen molar-refractivity contribution in [3.05, 3.63) is 119 Å². The highest BCUT2D eigenvalue weighted by atomic mass is 16.6. The maximum atomic E-state index is 13.4. The van der Waals surface area contributed by atoms with E-state index >= 15 is 0 Å². The predicted octanol–water partition coefficient (Wildman–Crippen LogP) is 8.41. The Bertz CT molecular complexity index is 1550. The maximum absolute atomic E-state index is 13.4. The molecule has 0 aliphatic carbocycles. The van der Waals surface area contributed by atoms with E-state index in [-0.39, 0.29) is 30.2 Å². The van der Waals surface area contributed by atoms with Gasteiger partial charge in [0.05, 0.1) is 45.2 Å². The van der Waals surface area contributed by atoms with E-state index < -0.39 is 5.60 Å². The smallest absolute Gasteiger partial charge is 0.410 e. The number of ether oxygens (including phenoxy) is 4. The Balaban J connectivity index is 1.11. The van der Waals surface area contributed by atoms with E-state index in [1.165, 1.54) is 16.3 Å². The molecule has 6 nitrogen and oxygen atoms in total. The Morgan fingerprint density at radius 2 is 1.38 bits per heavy atom. The number of amides is 1. The number of carbonyl (C=O) groups excluding carboxylic acids is 1. The first-order valence-corrected chi connectivity index (χ1v) is 16.2. The first kappa shape index (κ1) is 31.3. The van der Waals surface area contributed by atoms with Crippen LogP contribution in [0, 0.1) is 0 Å². The Morgan fingerprint density at radius 1 is 0.733 bits per heavy atom. The van der Waals surface area contributed by atoms with Gasteiger partial charge < -0.3 is 18.9 Å². The van der Waals surface area contributed by atoms with E-state index in [4.69, 9.17) is 18.9 Å². The van der Waals surface area contributed by atoms with Crippen LogP contribution < -0.4 is 0 Å². The Kier molecular flexibility index (Phi) is 9.84. The minimum Gasteiger partial charge on any atom is -0.444 e. The maximum Gasteiger partial charge on any atom is 0.410 e. The number of piperidine rings is 1. The summed E-state index contributed by atoms with van der Waals surface area (Å²) >= 11 is 0. The molecule has 2 saturated heterocycles. The van der Waals surface area contributed by atoms with Crippen molar-refractivity contribution < 1.29 is 23.7 Å². The molecule has 0 saturated carbocycles. The van der Waals surface area contributed by atoms with Gasteiger partial charge in [-0.25, -0.2) is 4.79 Å². The van der Waals surface area contributed by atoms with Crippen LogP contribution in [0.1, 0.15) is 68.2 Å². The molecule has 4 aromatic rings. The van der Waals surface area contributed by atoms with Gasteiger partial charge >= 0.3 is 6.09 Å². The van der Waals surface area contributed by atoms with Gasteiger partial charge in [0.2, 0.25) is 0 Å². The summed E-state index contributed by atoms with van der Waals surface area (Å²) in [6, 6.07) is 33.9. The molecule has 2 aliphatic rings. The molecule has 2 heterocycles. The summed E-state index contributed by atoms with van der Waals surface area (Å²) < 4.78 is 24.3. The van der Waals surface area contributed by atoms with E-state index in [2.05, 4.69) is 78.9 Å². The third kappa shape index (κ3) is 7.93. The highest BCUT2D eigenvalue weighted by Gasteiger charge is 2.51. The number of fused-ring (bicyclic) bond motifs is 3. The second kappa shape index (κ2) is 14.2. The molecule has 45 heavy (non-hydrogen) atoms. The molecule has 4 atom stereocenters. The van der Waals surface area contributed by atoms with Crippen LogP contribution in [0.4, 0.5) is 4.79 Å². The van der Waals surface area contributed by atoms with Crippen LogP contribution >= 0.6 is 0 Å². The van der Waals surface area contributed by atoms with Gasteiger partial charge in [-0.3, -0.25) is 4.90 Å². The lowest BCUT2D eigenvalue weighted by Gasteiger charge is -2.44. The Labute approximate surface area is 267 Å². The third-order valence-corrected chi connectivity index (χ3v) is 8.87. The van der Waals surface area contributed by atoms with Gasteiger partial charge in [0.15, 0.2) is 0 Å². The molecular weight excluding hydrogens is 562 g/mol. The molecule has 6 heteroatoms. The zero-order valence-corrected chi connectivity index (χ0v) is 26.7. The summed E-state index contributed by atoms with van der Waals surface area (Å²) in [6.07, 6.45) is 2.38. The van der Waals surface area contributed by atoms with Crippen LogP contribution in [-0.4, -0.2) is 48.0 Å². The van der Waals surface area contributed by atoms with E-state index in [1.807, 2.05) is 43.9 Å². The highest BCUT2D eigenvalue weighted by Crippen LogP contribution is 2.45. The molecule has 0 radical (unpaired) electrons. The third-order valence-electron chi connectivity index (χ3n) is 8.87. The van der Waals surface area contributed by atoms with E-state index in [1.54, 1.807) is 0 Å². The van der Waals surface area contributed by atoms with Crippen molar-refractivity contribution in [1.82, 2.24) is 4.90 Å². The SMILES string of the molecule is CC(C)(C)OC(=O)N1C2CCC1C(OCc1ccc3ccccc3c1)C(c1ccc(COCCOCc3ccccc3)cc1)C2. The summed E-state index contributed by atoms with van der Waals surface area (Å²) in [6.45, 7) is 8.52. The van der Waals surface area contributed by atoms with Crippen molar-refractivity contribution in [3.8, 4) is 0 Å². The molecule has 2 aliphatic heterocycles. The number of hydrogen-bond acceptors (Lipinski definition) is 5. The molecule has 2 bridgehead atoms. The summed E-state index contributed by atoms with van der Waals surface area (Å²) in [5, 5.41) is 2.42. The fourth-order valence-electron chi connectivity index (χ4n) is 6.77. The zero-order chi connectivity index (χ0) is 31.2. The van der Waals surface area contributed by atoms with Crippen LogP contribution in [0.5, 0.6) is 0 Å². The van der Waals surface area contributed by atoms with Crippen LogP contribution in [0.3, 0.4) is 0 Å². The minimum atomic E-state index is -0.541. The lowest BCUT2D eigenvalue weighted by molar-refractivity contribution is -0.0667. The van der Waals surface area contributed by atoms with Crippen molar-refractivity contribution in [3.63, 3.8) is 0 Å². The second-order valence-corrected chi connectivity index (χ2v) is 13.3. The van der Waals surface area contributed by atoms with E-state index in [0.717, 1.165) is 36.0 Å². The number of carbonyl (C=O) groups is 1. The summed E-state index contributed by atoms with van der Waals surface area (Å²) in [5.74, 6) is 0.183. The van der Waals surface area contributed by atoms with Gasteiger partial charge in [0.1, 0.15) is 5.60 Å². The van der Waals surface area contributed by atoms with Gasteiger partial charge in [-0.05, 0) is 79.1 Å². The lowest BCUT2D eigenvalue weighted by atomic mass is 9.82. The first-order chi connectivity index (χ1) is 21.8. The van der Waals surface area contributed by atoms with Gasteiger partial charge in [0.25, 0.3) is 0 Å². The molecule has 4 aromatic carbocycles. The second-order valence-electron chi connectivity index (χ2n) is 13.3. The number of benzene rings is 4. The molecule has 4 unspecified atom stereocenters. The predicted molar refractivity (Wildman–Crippen MR) is 177 cm³/mol. The number of rotatable bonds is 11. The van der Waals surface area contributed by atoms with Crippen LogP contribution in [0.15, 0.2) is 97.1 Å². The highest BCUT2D eigenvalue weighted by molar-refractivity contribution is 5.82.